The van der Waals surface area contributed by atoms with Gasteiger partial charge in [-0.05, 0) is 19.9 Å². The molecule has 0 aromatic carbocycles. The molecule has 2 heterocycles. The molecular formula is C10H15N3O2. The molecule has 0 bridgehead atoms. The quantitative estimate of drug-likeness (QED) is 0.787. The average molecular weight is 209 g/mol. The molecule has 0 amide bonds. The zero-order valence-corrected chi connectivity index (χ0v) is 8.77. The zero-order chi connectivity index (χ0) is 10.5. The third kappa shape index (κ3) is 2.79. The van der Waals surface area contributed by atoms with E-state index >= 15 is 0 Å². The number of nitrogens with zero attached hydrogens (tertiary/aromatic N) is 2. The van der Waals surface area contributed by atoms with Crippen LogP contribution in [0.1, 0.15) is 13.3 Å². The van der Waals surface area contributed by atoms with Crippen LogP contribution in [0.5, 0.6) is 11.8 Å². The Morgan fingerprint density at radius 2 is 2.33 bits per heavy atom. The molecule has 2 rings (SSSR count). The average Bonchev–Trinajstić information content (AvgIpc) is 2.71. The van der Waals surface area contributed by atoms with Crippen LogP contribution in [0, 0.1) is 0 Å². The smallest absolute Gasteiger partial charge is 0.220 e. The van der Waals surface area contributed by atoms with Crippen molar-refractivity contribution in [1.29, 1.82) is 0 Å². The summed E-state index contributed by atoms with van der Waals surface area (Å²) >= 11 is 0. The van der Waals surface area contributed by atoms with Crippen molar-refractivity contribution < 1.29 is 9.47 Å². The Morgan fingerprint density at radius 3 is 3.07 bits per heavy atom. The van der Waals surface area contributed by atoms with E-state index in [1.807, 2.05) is 6.92 Å². The molecule has 1 unspecified atom stereocenters. The second-order valence-electron chi connectivity index (χ2n) is 3.36. The molecule has 1 aliphatic heterocycles. The van der Waals surface area contributed by atoms with Crippen LogP contribution in [-0.2, 0) is 0 Å². The molecule has 0 radical (unpaired) electrons. The van der Waals surface area contributed by atoms with Gasteiger partial charge < -0.3 is 14.8 Å². The molecule has 0 saturated carbocycles. The van der Waals surface area contributed by atoms with Gasteiger partial charge in [0.25, 0.3) is 0 Å². The molecule has 1 aromatic rings. The number of aromatic nitrogens is 2. The number of hydrogen-bond donors (Lipinski definition) is 1. The maximum Gasteiger partial charge on any atom is 0.220 e. The SMILES string of the molecule is CCOc1cc(OC2CCNC2)ncn1. The molecule has 5 heteroatoms. The van der Waals surface area contributed by atoms with E-state index in [9.17, 15) is 0 Å². The number of rotatable bonds is 4. The maximum absolute atomic E-state index is 5.67. The molecule has 1 fully saturated rings. The van der Waals surface area contributed by atoms with E-state index in [-0.39, 0.29) is 6.10 Å². The first-order valence-corrected chi connectivity index (χ1v) is 5.20. The monoisotopic (exact) mass is 209 g/mol. The van der Waals surface area contributed by atoms with Crippen LogP contribution in [0.2, 0.25) is 0 Å². The van der Waals surface area contributed by atoms with Crippen LogP contribution in [0.4, 0.5) is 0 Å². The highest BCUT2D eigenvalue weighted by atomic mass is 16.5. The van der Waals surface area contributed by atoms with Gasteiger partial charge in [0, 0.05) is 6.54 Å². The molecule has 1 saturated heterocycles. The maximum atomic E-state index is 5.67. The highest BCUT2D eigenvalue weighted by Gasteiger charge is 2.16. The van der Waals surface area contributed by atoms with Gasteiger partial charge >= 0.3 is 0 Å². The van der Waals surface area contributed by atoms with E-state index < -0.39 is 0 Å². The van der Waals surface area contributed by atoms with Crippen LogP contribution in [-0.4, -0.2) is 35.8 Å². The summed E-state index contributed by atoms with van der Waals surface area (Å²) in [5, 5.41) is 3.23. The third-order valence-electron chi connectivity index (χ3n) is 2.21. The Kier molecular flexibility index (Phi) is 3.34. The largest absolute Gasteiger partial charge is 0.478 e. The van der Waals surface area contributed by atoms with Gasteiger partial charge in [0.05, 0.1) is 12.7 Å². The van der Waals surface area contributed by atoms with Crippen LogP contribution < -0.4 is 14.8 Å². The minimum Gasteiger partial charge on any atom is -0.478 e. The molecule has 0 spiro atoms. The minimum absolute atomic E-state index is 0.217. The zero-order valence-electron chi connectivity index (χ0n) is 8.77. The number of ether oxygens (including phenoxy) is 2. The second kappa shape index (κ2) is 4.93. The fraction of sp³-hybridized carbons (Fsp3) is 0.600. The Labute approximate surface area is 88.8 Å². The predicted octanol–water partition coefficient (Wildman–Crippen LogP) is 0.616. The fourth-order valence-corrected chi connectivity index (χ4v) is 1.51. The molecule has 1 atom stereocenters. The molecule has 15 heavy (non-hydrogen) atoms. The molecular weight excluding hydrogens is 194 g/mol. The van der Waals surface area contributed by atoms with E-state index in [1.54, 1.807) is 6.07 Å². The Balaban J connectivity index is 1.97. The topological polar surface area (TPSA) is 56.3 Å². The summed E-state index contributed by atoms with van der Waals surface area (Å²) in [4.78, 5) is 8.02. The third-order valence-corrected chi connectivity index (χ3v) is 2.21. The van der Waals surface area contributed by atoms with Gasteiger partial charge in [0.15, 0.2) is 0 Å². The van der Waals surface area contributed by atoms with Crippen molar-refractivity contribution in [1.82, 2.24) is 15.3 Å². The highest BCUT2D eigenvalue weighted by Crippen LogP contribution is 2.16. The first-order chi connectivity index (χ1) is 7.38. The van der Waals surface area contributed by atoms with Gasteiger partial charge in [-0.1, -0.05) is 0 Å². The van der Waals surface area contributed by atoms with E-state index in [1.165, 1.54) is 6.33 Å². The van der Waals surface area contributed by atoms with E-state index in [4.69, 9.17) is 9.47 Å². The summed E-state index contributed by atoms with van der Waals surface area (Å²) in [6, 6.07) is 1.72. The van der Waals surface area contributed by atoms with Gasteiger partial charge in [0.1, 0.15) is 12.4 Å². The summed E-state index contributed by atoms with van der Waals surface area (Å²) in [5.74, 6) is 1.15. The standard InChI is InChI=1S/C10H15N3O2/c1-2-14-9-5-10(13-7-12-9)15-8-3-4-11-6-8/h5,7-8,11H,2-4,6H2,1H3. The van der Waals surface area contributed by atoms with Crippen LogP contribution in [0.25, 0.3) is 0 Å². The van der Waals surface area contributed by atoms with Gasteiger partial charge in [-0.15, -0.1) is 0 Å². The number of nitrogens with one attached hydrogen (secondary N) is 1. The number of hydrogen-bond acceptors (Lipinski definition) is 5. The van der Waals surface area contributed by atoms with E-state index in [0.717, 1.165) is 19.5 Å². The molecule has 0 aliphatic carbocycles. The van der Waals surface area contributed by atoms with Gasteiger partial charge in [-0.2, -0.15) is 0 Å². The van der Waals surface area contributed by atoms with Crippen LogP contribution >= 0.6 is 0 Å². The molecule has 82 valence electrons. The van der Waals surface area contributed by atoms with Crippen LogP contribution in [0.15, 0.2) is 12.4 Å². The summed E-state index contributed by atoms with van der Waals surface area (Å²) in [7, 11) is 0. The summed E-state index contributed by atoms with van der Waals surface area (Å²) in [6.45, 7) is 4.41. The fourth-order valence-electron chi connectivity index (χ4n) is 1.51. The van der Waals surface area contributed by atoms with Crippen molar-refractivity contribution in [3.63, 3.8) is 0 Å². The first kappa shape index (κ1) is 10.2. The van der Waals surface area contributed by atoms with E-state index in [2.05, 4.69) is 15.3 Å². The van der Waals surface area contributed by atoms with Crippen molar-refractivity contribution in [2.45, 2.75) is 19.4 Å². The second-order valence-corrected chi connectivity index (χ2v) is 3.36. The molecule has 1 N–H and O–H groups in total. The molecule has 5 nitrogen and oxygen atoms in total. The Bertz CT molecular complexity index is 313. The van der Waals surface area contributed by atoms with Crippen molar-refractivity contribution in [2.75, 3.05) is 19.7 Å². The lowest BCUT2D eigenvalue weighted by Crippen LogP contribution is -2.20. The lowest BCUT2D eigenvalue weighted by molar-refractivity contribution is 0.211. The lowest BCUT2D eigenvalue weighted by atomic mass is 10.3. The normalized spacial score (nSPS) is 20.2. The summed E-state index contributed by atoms with van der Waals surface area (Å²) in [5.41, 5.74) is 0. The highest BCUT2D eigenvalue weighted by molar-refractivity contribution is 5.18. The van der Waals surface area contributed by atoms with Crippen LogP contribution in [0.3, 0.4) is 0 Å². The van der Waals surface area contributed by atoms with Gasteiger partial charge in [-0.25, -0.2) is 9.97 Å². The van der Waals surface area contributed by atoms with Crippen molar-refractivity contribution in [3.8, 4) is 11.8 Å². The summed E-state index contributed by atoms with van der Waals surface area (Å²) in [6.07, 6.45) is 2.70. The molecule has 1 aliphatic rings. The van der Waals surface area contributed by atoms with Crippen molar-refractivity contribution in [3.05, 3.63) is 12.4 Å². The summed E-state index contributed by atoms with van der Waals surface area (Å²) < 4.78 is 10.9. The van der Waals surface area contributed by atoms with Crippen molar-refractivity contribution >= 4 is 0 Å². The Hall–Kier alpha value is -1.36. The molecule has 1 aromatic heterocycles. The van der Waals surface area contributed by atoms with Gasteiger partial charge in [-0.3, -0.25) is 0 Å². The van der Waals surface area contributed by atoms with Crippen molar-refractivity contribution in [2.24, 2.45) is 0 Å². The minimum atomic E-state index is 0.217. The lowest BCUT2D eigenvalue weighted by Gasteiger charge is -2.11. The van der Waals surface area contributed by atoms with Gasteiger partial charge in [0.2, 0.25) is 11.8 Å². The predicted molar refractivity (Wildman–Crippen MR) is 55.1 cm³/mol. The van der Waals surface area contributed by atoms with E-state index in [0.29, 0.717) is 18.4 Å². The first-order valence-electron chi connectivity index (χ1n) is 5.20. The Morgan fingerprint density at radius 1 is 1.47 bits per heavy atom.